The molecule has 11 heteroatoms. The lowest BCUT2D eigenvalue weighted by molar-refractivity contribution is -0.137. The van der Waals surface area contributed by atoms with Crippen molar-refractivity contribution in [2.45, 2.75) is 25.1 Å². The predicted octanol–water partition coefficient (Wildman–Crippen LogP) is 8.28. The van der Waals surface area contributed by atoms with E-state index in [1.807, 2.05) is 36.4 Å². The molecule has 0 aliphatic carbocycles. The van der Waals surface area contributed by atoms with Crippen molar-refractivity contribution in [3.05, 3.63) is 130 Å². The Hall–Kier alpha value is -3.24. The summed E-state index contributed by atoms with van der Waals surface area (Å²) in [6.45, 7) is 1.59. The standard InChI is InChI=1S/C33H34ClF3N2O3S.ClH/c1-38(43(2,40)41)28-17-10-18-29(22-28)42-21-11-20-39(23-27-16-9-19-31(32(27)34)33(35,36)37)24-30(25-12-5-3-6-13-25)26-14-7-4-8-15-26;/h3-10,12-19,22,30H,11,20-21,23-24H2,1-2H3;1H. The molecule has 0 spiro atoms. The third-order valence-electron chi connectivity index (χ3n) is 7.19. The predicted molar refractivity (Wildman–Crippen MR) is 174 cm³/mol. The summed E-state index contributed by atoms with van der Waals surface area (Å²) in [6.07, 6.45) is -2.86. The van der Waals surface area contributed by atoms with Crippen LogP contribution < -0.4 is 9.04 Å². The average molecular weight is 668 g/mol. The number of rotatable bonds is 13. The molecule has 4 rings (SSSR count). The molecule has 5 nitrogen and oxygen atoms in total. The van der Waals surface area contributed by atoms with Crippen LogP contribution >= 0.6 is 24.0 Å². The van der Waals surface area contributed by atoms with Crippen molar-refractivity contribution < 1.29 is 26.3 Å². The minimum Gasteiger partial charge on any atom is -0.493 e. The Balaban J connectivity index is 0.00000529. The van der Waals surface area contributed by atoms with Gasteiger partial charge >= 0.3 is 6.18 Å². The zero-order valence-electron chi connectivity index (χ0n) is 24.4. The van der Waals surface area contributed by atoms with Crippen LogP contribution in [-0.2, 0) is 22.7 Å². The fourth-order valence-electron chi connectivity index (χ4n) is 4.87. The first kappa shape index (κ1) is 35.2. The molecule has 0 aliphatic rings. The molecule has 0 amide bonds. The summed E-state index contributed by atoms with van der Waals surface area (Å²) in [5, 5.41) is -0.293. The quantitative estimate of drug-likeness (QED) is 0.135. The summed E-state index contributed by atoms with van der Waals surface area (Å²) >= 11 is 6.30. The lowest BCUT2D eigenvalue weighted by Crippen LogP contribution is -2.31. The van der Waals surface area contributed by atoms with Crippen molar-refractivity contribution in [1.29, 1.82) is 0 Å². The van der Waals surface area contributed by atoms with Crippen LogP contribution in [0.2, 0.25) is 5.02 Å². The van der Waals surface area contributed by atoms with Crippen molar-refractivity contribution in [3.63, 3.8) is 0 Å². The Morgan fingerprint density at radius 3 is 2.02 bits per heavy atom. The normalized spacial score (nSPS) is 11.8. The minimum atomic E-state index is -4.55. The van der Waals surface area contributed by atoms with Crippen LogP contribution in [0.5, 0.6) is 5.75 Å². The van der Waals surface area contributed by atoms with E-state index in [9.17, 15) is 21.6 Å². The van der Waals surface area contributed by atoms with E-state index in [0.29, 0.717) is 43.1 Å². The summed E-state index contributed by atoms with van der Waals surface area (Å²) in [5.74, 6) is 0.489. The van der Waals surface area contributed by atoms with Crippen LogP contribution in [0.1, 0.15) is 34.6 Å². The topological polar surface area (TPSA) is 49.9 Å². The molecule has 0 atom stereocenters. The van der Waals surface area contributed by atoms with E-state index in [4.69, 9.17) is 16.3 Å². The number of hydrogen-bond donors (Lipinski definition) is 0. The molecule has 0 heterocycles. The lowest BCUT2D eigenvalue weighted by Gasteiger charge is -2.29. The van der Waals surface area contributed by atoms with Crippen LogP contribution in [0.25, 0.3) is 0 Å². The maximum Gasteiger partial charge on any atom is 0.417 e. The maximum absolute atomic E-state index is 13.6. The molecular formula is C33H35Cl2F3N2O3S. The third-order valence-corrected chi connectivity index (χ3v) is 8.84. The van der Waals surface area contributed by atoms with Crippen molar-refractivity contribution in [2.75, 3.05) is 37.3 Å². The van der Waals surface area contributed by atoms with Crippen LogP contribution in [0.4, 0.5) is 18.9 Å². The van der Waals surface area contributed by atoms with Gasteiger partial charge in [-0.05, 0) is 41.3 Å². The van der Waals surface area contributed by atoms with Gasteiger partial charge in [0, 0.05) is 38.7 Å². The van der Waals surface area contributed by atoms with Gasteiger partial charge in [-0.25, -0.2) is 8.42 Å². The number of nitrogens with zero attached hydrogens (tertiary/aromatic N) is 2. The lowest BCUT2D eigenvalue weighted by atomic mass is 9.90. The fourth-order valence-corrected chi connectivity index (χ4v) is 5.66. The molecule has 236 valence electrons. The van der Waals surface area contributed by atoms with E-state index < -0.39 is 21.8 Å². The third kappa shape index (κ3) is 9.63. The number of hydrogen-bond acceptors (Lipinski definition) is 4. The van der Waals surface area contributed by atoms with Gasteiger partial charge in [0.05, 0.1) is 29.1 Å². The molecule has 0 radical (unpaired) electrons. The zero-order valence-corrected chi connectivity index (χ0v) is 26.8. The van der Waals surface area contributed by atoms with E-state index in [2.05, 4.69) is 29.2 Å². The first-order valence-electron chi connectivity index (χ1n) is 13.8. The Kier molecular flexibility index (Phi) is 12.5. The molecule has 0 aliphatic heterocycles. The molecule has 0 saturated carbocycles. The second-order valence-electron chi connectivity index (χ2n) is 10.3. The molecule has 44 heavy (non-hydrogen) atoms. The summed E-state index contributed by atoms with van der Waals surface area (Å²) in [6, 6.07) is 30.8. The zero-order chi connectivity index (χ0) is 31.0. The molecule has 4 aromatic rings. The maximum atomic E-state index is 13.6. The average Bonchev–Trinajstić information content (AvgIpc) is 2.98. The largest absolute Gasteiger partial charge is 0.493 e. The van der Waals surface area contributed by atoms with E-state index in [-0.39, 0.29) is 29.9 Å². The SMILES string of the molecule is CN(c1cccc(OCCCN(Cc2cccc(C(F)(F)F)c2Cl)CC(c2ccccc2)c2ccccc2)c1)S(C)(=O)=O.Cl. The van der Waals surface area contributed by atoms with Gasteiger partial charge in [-0.3, -0.25) is 9.21 Å². The number of halogens is 5. The number of anilines is 1. The summed E-state index contributed by atoms with van der Waals surface area (Å²) in [5.41, 5.74) is 2.22. The van der Waals surface area contributed by atoms with Gasteiger partial charge in [-0.15, -0.1) is 12.4 Å². The number of sulfonamides is 1. The number of ether oxygens (including phenoxy) is 1. The minimum absolute atomic E-state index is 0. The van der Waals surface area contributed by atoms with Gasteiger partial charge in [0.25, 0.3) is 0 Å². The molecular weight excluding hydrogens is 632 g/mol. The molecule has 4 aromatic carbocycles. The highest BCUT2D eigenvalue weighted by Gasteiger charge is 2.34. The van der Waals surface area contributed by atoms with Gasteiger partial charge in [0.1, 0.15) is 5.75 Å². The van der Waals surface area contributed by atoms with Gasteiger partial charge in [0.2, 0.25) is 10.0 Å². The smallest absolute Gasteiger partial charge is 0.417 e. The van der Waals surface area contributed by atoms with E-state index in [1.165, 1.54) is 17.4 Å². The van der Waals surface area contributed by atoms with Crippen LogP contribution in [0, 0.1) is 0 Å². The van der Waals surface area contributed by atoms with Crippen LogP contribution in [-0.4, -0.2) is 46.3 Å². The highest BCUT2D eigenvalue weighted by molar-refractivity contribution is 7.92. The van der Waals surface area contributed by atoms with Gasteiger partial charge in [0.15, 0.2) is 0 Å². The van der Waals surface area contributed by atoms with Crippen molar-refractivity contribution in [3.8, 4) is 5.75 Å². The van der Waals surface area contributed by atoms with Crippen molar-refractivity contribution in [2.24, 2.45) is 0 Å². The molecule has 0 aromatic heterocycles. The van der Waals surface area contributed by atoms with Crippen LogP contribution in [0.15, 0.2) is 103 Å². The Morgan fingerprint density at radius 1 is 0.864 bits per heavy atom. The second kappa shape index (κ2) is 15.7. The van der Waals surface area contributed by atoms with E-state index in [1.54, 1.807) is 30.3 Å². The first-order chi connectivity index (χ1) is 20.4. The molecule has 0 saturated heterocycles. The fraction of sp³-hybridized carbons (Fsp3) is 0.273. The van der Waals surface area contributed by atoms with E-state index >= 15 is 0 Å². The Morgan fingerprint density at radius 2 is 1.45 bits per heavy atom. The molecule has 0 unspecified atom stereocenters. The Labute approximate surface area is 268 Å². The van der Waals surface area contributed by atoms with Crippen LogP contribution in [0.3, 0.4) is 0 Å². The number of benzene rings is 4. The highest BCUT2D eigenvalue weighted by atomic mass is 35.5. The van der Waals surface area contributed by atoms with Gasteiger partial charge < -0.3 is 4.74 Å². The van der Waals surface area contributed by atoms with Gasteiger partial charge in [-0.1, -0.05) is 90.5 Å². The number of alkyl halides is 3. The summed E-state index contributed by atoms with van der Waals surface area (Å²) in [4.78, 5) is 2.10. The highest BCUT2D eigenvalue weighted by Crippen LogP contribution is 2.37. The van der Waals surface area contributed by atoms with E-state index in [0.717, 1.165) is 23.4 Å². The molecule has 0 N–H and O–H groups in total. The van der Waals surface area contributed by atoms with Crippen molar-refractivity contribution in [1.82, 2.24) is 4.90 Å². The van der Waals surface area contributed by atoms with Crippen molar-refractivity contribution >= 4 is 39.7 Å². The molecule has 0 bridgehead atoms. The second-order valence-corrected chi connectivity index (χ2v) is 12.7. The first-order valence-corrected chi connectivity index (χ1v) is 16.0. The molecule has 0 fully saturated rings. The van der Waals surface area contributed by atoms with Gasteiger partial charge in [-0.2, -0.15) is 13.2 Å². The summed E-state index contributed by atoms with van der Waals surface area (Å²) in [7, 11) is -1.95. The summed E-state index contributed by atoms with van der Waals surface area (Å²) < 4.78 is 71.8. The Bertz CT molecular complexity index is 1550. The monoisotopic (exact) mass is 666 g/mol.